The maximum absolute atomic E-state index is 14.7. The molecule has 1 saturated heterocycles. The number of fused-ring (bicyclic) bond motifs is 1. The van der Waals surface area contributed by atoms with E-state index < -0.39 is 29.3 Å². The average molecular weight is 670 g/mol. The second-order valence-corrected chi connectivity index (χ2v) is 13.1. The van der Waals surface area contributed by atoms with Gasteiger partial charge in [-0.25, -0.2) is 4.39 Å². The summed E-state index contributed by atoms with van der Waals surface area (Å²) in [5, 5.41) is 22.6. The molecule has 1 unspecified atom stereocenters. The highest BCUT2D eigenvalue weighted by atomic mass is 32.2. The van der Waals surface area contributed by atoms with Gasteiger partial charge in [-0.3, -0.25) is 14.5 Å². The molecule has 0 aliphatic carbocycles. The number of halogens is 1. The number of anilines is 1. The Balaban J connectivity index is 1.34. The van der Waals surface area contributed by atoms with E-state index in [1.165, 1.54) is 47.2 Å². The van der Waals surface area contributed by atoms with Gasteiger partial charge in [-0.2, -0.15) is 0 Å². The van der Waals surface area contributed by atoms with E-state index in [0.717, 1.165) is 41.7 Å². The van der Waals surface area contributed by atoms with Crippen LogP contribution in [0.15, 0.2) is 94.8 Å². The Morgan fingerprint density at radius 2 is 1.79 bits per heavy atom. The van der Waals surface area contributed by atoms with Crippen molar-refractivity contribution in [2.24, 2.45) is 0 Å². The van der Waals surface area contributed by atoms with Gasteiger partial charge in [0.15, 0.2) is 15.9 Å². The van der Waals surface area contributed by atoms with Crippen molar-refractivity contribution in [3.63, 3.8) is 0 Å². The lowest BCUT2D eigenvalue weighted by Gasteiger charge is -2.22. The molecule has 0 bridgehead atoms. The highest BCUT2D eigenvalue weighted by molar-refractivity contribution is 8.00. The fraction of sp³-hybridized carbons (Fsp3) is 0.222. The third-order valence-corrected chi connectivity index (χ3v) is 10.0. The minimum absolute atomic E-state index is 0.0181. The number of amides is 1. The number of Topliss-reactive ketones (excluding diaryl/α,β-unsaturated/α-hetero) is 1. The Morgan fingerprint density at radius 1 is 1.00 bits per heavy atom. The highest BCUT2D eigenvalue weighted by Gasteiger charge is 2.48. The maximum Gasteiger partial charge on any atom is 0.301 e. The molecule has 2 heterocycles. The molecule has 1 atom stereocenters. The number of carbonyl (C=O) groups excluding carboxylic acids is 2. The number of aliphatic hydroxyl groups excluding tert-OH is 1. The zero-order chi connectivity index (χ0) is 32.9. The van der Waals surface area contributed by atoms with Gasteiger partial charge in [-0.1, -0.05) is 97.5 Å². The van der Waals surface area contributed by atoms with Crippen molar-refractivity contribution in [1.82, 2.24) is 10.2 Å². The normalized spacial score (nSPS) is 15.8. The Bertz CT molecular complexity index is 1950. The van der Waals surface area contributed by atoms with E-state index in [9.17, 15) is 19.1 Å². The Labute approximate surface area is 279 Å². The lowest BCUT2D eigenvalue weighted by molar-refractivity contribution is -0.132. The summed E-state index contributed by atoms with van der Waals surface area (Å²) < 4.78 is 26.1. The van der Waals surface area contributed by atoms with E-state index in [-0.39, 0.29) is 22.0 Å². The van der Waals surface area contributed by atoms with Gasteiger partial charge < -0.3 is 14.6 Å². The van der Waals surface area contributed by atoms with Crippen LogP contribution in [0.25, 0.3) is 16.5 Å². The van der Waals surface area contributed by atoms with Crippen LogP contribution in [0.2, 0.25) is 0 Å². The second-order valence-electron chi connectivity index (χ2n) is 10.9. The van der Waals surface area contributed by atoms with Crippen molar-refractivity contribution in [3.05, 3.63) is 113 Å². The number of thioether (sulfide) groups is 1. The first-order valence-corrected chi connectivity index (χ1v) is 17.0. The van der Waals surface area contributed by atoms with Crippen molar-refractivity contribution in [2.75, 3.05) is 18.6 Å². The Kier molecular flexibility index (Phi) is 9.84. The van der Waals surface area contributed by atoms with Gasteiger partial charge in [0.2, 0.25) is 5.13 Å². The van der Waals surface area contributed by atoms with Crippen LogP contribution in [0.5, 0.6) is 11.5 Å². The monoisotopic (exact) mass is 669 g/mol. The van der Waals surface area contributed by atoms with Crippen molar-refractivity contribution in [1.29, 1.82) is 0 Å². The molecule has 0 saturated carbocycles. The van der Waals surface area contributed by atoms with Crippen LogP contribution in [0.3, 0.4) is 0 Å². The SMILES string of the molecule is CCCCCOc1ccc(C2/C(=C(/O)c3ccc(OC)c(F)c3)C(=O)C(=O)N2c2nnc(SCc3cccc4ccccc34)s2)cc1. The Morgan fingerprint density at radius 3 is 2.55 bits per heavy atom. The molecule has 5 aromatic rings. The van der Waals surface area contributed by atoms with Gasteiger partial charge in [0, 0.05) is 11.3 Å². The lowest BCUT2D eigenvalue weighted by atomic mass is 9.95. The molecule has 1 aliphatic rings. The second kappa shape index (κ2) is 14.4. The quantitative estimate of drug-likeness (QED) is 0.0353. The Hall–Kier alpha value is -4.74. The zero-order valence-corrected chi connectivity index (χ0v) is 27.4. The van der Waals surface area contributed by atoms with Crippen LogP contribution in [0.1, 0.15) is 48.9 Å². The third kappa shape index (κ3) is 6.72. The average Bonchev–Trinajstić information content (AvgIpc) is 3.67. The third-order valence-electron chi connectivity index (χ3n) is 7.92. The molecule has 1 aromatic heterocycles. The molecule has 1 aliphatic heterocycles. The predicted molar refractivity (Wildman–Crippen MR) is 183 cm³/mol. The largest absolute Gasteiger partial charge is 0.507 e. The van der Waals surface area contributed by atoms with Crippen LogP contribution >= 0.6 is 23.1 Å². The van der Waals surface area contributed by atoms with Gasteiger partial charge in [0.05, 0.1) is 25.3 Å². The van der Waals surface area contributed by atoms with Crippen molar-refractivity contribution < 1.29 is 28.6 Å². The first-order valence-electron chi connectivity index (χ1n) is 15.2. The van der Waals surface area contributed by atoms with Crippen LogP contribution in [0.4, 0.5) is 9.52 Å². The molecule has 1 amide bonds. The van der Waals surface area contributed by atoms with Gasteiger partial charge in [0.1, 0.15) is 11.5 Å². The summed E-state index contributed by atoms with van der Waals surface area (Å²) in [5.41, 5.74) is 1.52. The van der Waals surface area contributed by atoms with Gasteiger partial charge in [-0.05, 0) is 58.7 Å². The molecule has 0 radical (unpaired) electrons. The van der Waals surface area contributed by atoms with E-state index in [4.69, 9.17) is 9.47 Å². The number of aromatic nitrogens is 2. The number of methoxy groups -OCH3 is 1. The van der Waals surface area contributed by atoms with E-state index in [1.54, 1.807) is 24.3 Å². The number of unbranched alkanes of at least 4 members (excludes halogenated alkanes) is 2. The standard InChI is InChI=1S/C36H32FN3O5S2/c1-3-4-7-19-45-26-16-13-23(14-17-26)31-30(32(41)24-15-18-29(44-2)28(37)20-24)33(42)34(43)40(31)35-38-39-36(47-35)46-21-25-11-8-10-22-9-5-6-12-27(22)25/h5-6,8-18,20,31,41H,3-4,7,19,21H2,1-2H3/b32-30-. The first kappa shape index (κ1) is 32.2. The summed E-state index contributed by atoms with van der Waals surface area (Å²) in [4.78, 5) is 28.5. The van der Waals surface area contributed by atoms with Crippen molar-refractivity contribution in [3.8, 4) is 11.5 Å². The number of ketones is 1. The summed E-state index contributed by atoms with van der Waals surface area (Å²) in [5.74, 6) is -1.76. The molecule has 4 aromatic carbocycles. The van der Waals surface area contributed by atoms with Gasteiger partial charge in [-0.15, -0.1) is 10.2 Å². The summed E-state index contributed by atoms with van der Waals surface area (Å²) in [7, 11) is 1.33. The van der Waals surface area contributed by atoms with Crippen LogP contribution in [0, 0.1) is 5.82 Å². The summed E-state index contributed by atoms with van der Waals surface area (Å²) >= 11 is 2.66. The maximum atomic E-state index is 14.7. The van der Waals surface area contributed by atoms with Crippen LogP contribution in [-0.4, -0.2) is 40.7 Å². The summed E-state index contributed by atoms with van der Waals surface area (Å²) in [6, 6.07) is 24.1. The van der Waals surface area contributed by atoms with Crippen molar-refractivity contribution >= 4 is 56.5 Å². The molecule has 6 rings (SSSR count). The number of aliphatic hydroxyl groups is 1. The number of rotatable bonds is 12. The molecule has 1 N–H and O–H groups in total. The van der Waals surface area contributed by atoms with E-state index in [0.29, 0.717) is 28.0 Å². The number of hydrogen-bond acceptors (Lipinski definition) is 9. The van der Waals surface area contributed by atoms with E-state index >= 15 is 0 Å². The minimum Gasteiger partial charge on any atom is -0.507 e. The molecule has 47 heavy (non-hydrogen) atoms. The fourth-order valence-corrected chi connectivity index (χ4v) is 7.39. The smallest absolute Gasteiger partial charge is 0.301 e. The van der Waals surface area contributed by atoms with Crippen molar-refractivity contribution in [2.45, 2.75) is 42.3 Å². The van der Waals surface area contributed by atoms with E-state index in [2.05, 4.69) is 41.4 Å². The minimum atomic E-state index is -1.04. The van der Waals surface area contributed by atoms with E-state index in [1.807, 2.05) is 18.2 Å². The molecule has 0 spiro atoms. The summed E-state index contributed by atoms with van der Waals surface area (Å²) in [6.45, 7) is 2.69. The molecule has 1 fully saturated rings. The lowest BCUT2D eigenvalue weighted by Crippen LogP contribution is -2.29. The molecule has 240 valence electrons. The fourth-order valence-electron chi connectivity index (χ4n) is 5.52. The molecule has 11 heteroatoms. The number of nitrogens with zero attached hydrogens (tertiary/aromatic N) is 3. The number of carbonyl (C=O) groups is 2. The highest BCUT2D eigenvalue weighted by Crippen LogP contribution is 2.44. The predicted octanol–water partition coefficient (Wildman–Crippen LogP) is 8.33. The zero-order valence-electron chi connectivity index (χ0n) is 25.8. The number of ether oxygens (including phenoxy) is 2. The molecular formula is C36H32FN3O5S2. The van der Waals surface area contributed by atoms with Crippen LogP contribution in [-0.2, 0) is 15.3 Å². The topological polar surface area (TPSA) is 102 Å². The molecular weight excluding hydrogens is 638 g/mol. The summed E-state index contributed by atoms with van der Waals surface area (Å²) in [6.07, 6.45) is 3.06. The van der Waals surface area contributed by atoms with Gasteiger partial charge in [0.25, 0.3) is 5.78 Å². The van der Waals surface area contributed by atoms with Crippen LogP contribution < -0.4 is 14.4 Å². The molecule has 8 nitrogen and oxygen atoms in total. The first-order chi connectivity index (χ1) is 22.9. The van der Waals surface area contributed by atoms with Gasteiger partial charge >= 0.3 is 5.91 Å². The number of benzene rings is 4. The number of hydrogen-bond donors (Lipinski definition) is 1.